The van der Waals surface area contributed by atoms with Crippen LogP contribution in [0.1, 0.15) is 22.9 Å². The molecule has 0 aliphatic rings. The van der Waals surface area contributed by atoms with Crippen molar-refractivity contribution in [3.05, 3.63) is 41.1 Å². The highest BCUT2D eigenvalue weighted by atomic mass is 19.1. The molecule has 2 aromatic heterocycles. The predicted molar refractivity (Wildman–Crippen MR) is 64.7 cm³/mol. The van der Waals surface area contributed by atoms with E-state index in [2.05, 4.69) is 10.1 Å². The standard InChI is InChI=1S/C12H15FN4O/c1-7-9(6-16-17(7)2)11(14)8-4-5-15-12(18-3)10(8)13/h4-6,11H,14H2,1-3H3. The Kier molecular flexibility index (Phi) is 3.29. The average molecular weight is 250 g/mol. The Labute approximate surface area is 104 Å². The Balaban J connectivity index is 2.46. The van der Waals surface area contributed by atoms with Gasteiger partial charge in [-0.05, 0) is 13.0 Å². The lowest BCUT2D eigenvalue weighted by molar-refractivity contribution is 0.366. The van der Waals surface area contributed by atoms with Crippen molar-refractivity contribution < 1.29 is 9.13 Å². The van der Waals surface area contributed by atoms with Crippen LogP contribution in [0.5, 0.6) is 5.88 Å². The molecule has 2 heterocycles. The molecule has 0 aliphatic carbocycles. The number of nitrogens with two attached hydrogens (primary N) is 1. The van der Waals surface area contributed by atoms with E-state index in [1.54, 1.807) is 16.9 Å². The topological polar surface area (TPSA) is 66.0 Å². The largest absolute Gasteiger partial charge is 0.479 e. The third-order valence-corrected chi connectivity index (χ3v) is 3.02. The van der Waals surface area contributed by atoms with Gasteiger partial charge in [-0.25, -0.2) is 9.37 Å². The Bertz CT molecular complexity index is 567. The number of methoxy groups -OCH3 is 1. The third kappa shape index (κ3) is 1.95. The highest BCUT2D eigenvalue weighted by Gasteiger charge is 2.20. The van der Waals surface area contributed by atoms with Crippen LogP contribution < -0.4 is 10.5 Å². The Morgan fingerprint density at radius 3 is 2.72 bits per heavy atom. The van der Waals surface area contributed by atoms with E-state index < -0.39 is 11.9 Å². The summed E-state index contributed by atoms with van der Waals surface area (Å²) in [5, 5.41) is 4.10. The summed E-state index contributed by atoms with van der Waals surface area (Å²) >= 11 is 0. The van der Waals surface area contributed by atoms with Crippen molar-refractivity contribution in [3.8, 4) is 5.88 Å². The molecule has 0 fully saturated rings. The first-order valence-electron chi connectivity index (χ1n) is 5.48. The molecule has 0 aliphatic heterocycles. The number of hydrogen-bond donors (Lipinski definition) is 1. The van der Waals surface area contributed by atoms with Gasteiger partial charge in [0.1, 0.15) is 0 Å². The van der Waals surface area contributed by atoms with Gasteiger partial charge in [-0.1, -0.05) is 0 Å². The minimum absolute atomic E-state index is 0.0514. The molecule has 2 N–H and O–H groups in total. The fourth-order valence-corrected chi connectivity index (χ4v) is 1.81. The number of ether oxygens (including phenoxy) is 1. The maximum absolute atomic E-state index is 14.1. The first-order valence-corrected chi connectivity index (χ1v) is 5.48. The summed E-state index contributed by atoms with van der Waals surface area (Å²) in [6.45, 7) is 1.89. The molecule has 18 heavy (non-hydrogen) atoms. The van der Waals surface area contributed by atoms with Crippen molar-refractivity contribution in [1.29, 1.82) is 0 Å². The van der Waals surface area contributed by atoms with Crippen LogP contribution in [0, 0.1) is 12.7 Å². The van der Waals surface area contributed by atoms with E-state index in [4.69, 9.17) is 10.5 Å². The summed E-state index contributed by atoms with van der Waals surface area (Å²) in [5.74, 6) is -0.583. The number of aryl methyl sites for hydroxylation is 1. The van der Waals surface area contributed by atoms with Crippen LogP contribution in [0.15, 0.2) is 18.5 Å². The van der Waals surface area contributed by atoms with Gasteiger partial charge in [0.05, 0.1) is 19.3 Å². The molecule has 0 radical (unpaired) electrons. The van der Waals surface area contributed by atoms with Gasteiger partial charge in [0.15, 0.2) is 5.82 Å². The molecule has 2 aromatic rings. The number of rotatable bonds is 3. The molecule has 0 spiro atoms. The molecule has 0 aromatic carbocycles. The maximum Gasteiger partial charge on any atom is 0.250 e. The molecule has 5 nitrogen and oxygen atoms in total. The summed E-state index contributed by atoms with van der Waals surface area (Å²) in [7, 11) is 3.19. The second kappa shape index (κ2) is 4.73. The Morgan fingerprint density at radius 2 is 2.17 bits per heavy atom. The summed E-state index contributed by atoms with van der Waals surface area (Å²) in [5.41, 5.74) is 8.11. The Morgan fingerprint density at radius 1 is 1.44 bits per heavy atom. The van der Waals surface area contributed by atoms with Crippen molar-refractivity contribution in [2.24, 2.45) is 12.8 Å². The van der Waals surface area contributed by atoms with E-state index >= 15 is 0 Å². The molecule has 2 rings (SSSR count). The second-order valence-electron chi connectivity index (χ2n) is 4.01. The molecule has 1 atom stereocenters. The molecular formula is C12H15FN4O. The zero-order valence-corrected chi connectivity index (χ0v) is 10.5. The maximum atomic E-state index is 14.1. The summed E-state index contributed by atoms with van der Waals surface area (Å²) < 4.78 is 20.6. The summed E-state index contributed by atoms with van der Waals surface area (Å²) in [6.07, 6.45) is 3.12. The highest BCUT2D eigenvalue weighted by molar-refractivity contribution is 5.35. The van der Waals surface area contributed by atoms with Crippen LogP contribution in [0.25, 0.3) is 0 Å². The second-order valence-corrected chi connectivity index (χ2v) is 4.01. The molecule has 96 valence electrons. The van der Waals surface area contributed by atoms with Crippen molar-refractivity contribution in [2.45, 2.75) is 13.0 Å². The molecule has 0 bridgehead atoms. The minimum Gasteiger partial charge on any atom is -0.479 e. The SMILES string of the molecule is COc1nccc(C(N)c2cnn(C)c2C)c1F. The molecule has 6 heteroatoms. The predicted octanol–water partition coefficient (Wildman–Crippen LogP) is 1.32. The van der Waals surface area contributed by atoms with Crippen molar-refractivity contribution >= 4 is 0 Å². The number of halogens is 1. The number of hydrogen-bond acceptors (Lipinski definition) is 4. The van der Waals surface area contributed by atoms with Crippen LogP contribution in [-0.4, -0.2) is 21.9 Å². The first kappa shape index (κ1) is 12.5. The summed E-state index contributed by atoms with van der Waals surface area (Å²) in [4.78, 5) is 3.79. The number of nitrogens with zero attached hydrogens (tertiary/aromatic N) is 3. The van der Waals surface area contributed by atoms with E-state index in [-0.39, 0.29) is 5.88 Å². The van der Waals surface area contributed by atoms with Gasteiger partial charge in [0.25, 0.3) is 0 Å². The van der Waals surface area contributed by atoms with E-state index in [1.165, 1.54) is 13.3 Å². The molecule has 0 saturated heterocycles. The normalized spacial score (nSPS) is 12.5. The number of pyridine rings is 1. The molecule has 0 saturated carbocycles. The van der Waals surface area contributed by atoms with E-state index in [9.17, 15) is 4.39 Å². The van der Waals surface area contributed by atoms with Gasteiger partial charge in [0, 0.05) is 30.1 Å². The van der Waals surface area contributed by atoms with Crippen LogP contribution in [0.4, 0.5) is 4.39 Å². The molecule has 0 amide bonds. The van der Waals surface area contributed by atoms with Crippen LogP contribution in [0.2, 0.25) is 0 Å². The first-order chi connectivity index (χ1) is 8.56. The van der Waals surface area contributed by atoms with Crippen molar-refractivity contribution in [3.63, 3.8) is 0 Å². The van der Waals surface area contributed by atoms with E-state index in [1.807, 2.05) is 14.0 Å². The zero-order valence-electron chi connectivity index (χ0n) is 10.5. The van der Waals surface area contributed by atoms with Gasteiger partial charge in [-0.3, -0.25) is 4.68 Å². The fraction of sp³-hybridized carbons (Fsp3) is 0.333. The quantitative estimate of drug-likeness (QED) is 0.892. The lowest BCUT2D eigenvalue weighted by Gasteiger charge is -2.13. The molecular weight excluding hydrogens is 235 g/mol. The van der Waals surface area contributed by atoms with Gasteiger partial charge in [-0.15, -0.1) is 0 Å². The fourth-order valence-electron chi connectivity index (χ4n) is 1.81. The third-order valence-electron chi connectivity index (χ3n) is 3.02. The highest BCUT2D eigenvalue weighted by Crippen LogP contribution is 2.27. The van der Waals surface area contributed by atoms with Crippen molar-refractivity contribution in [1.82, 2.24) is 14.8 Å². The van der Waals surface area contributed by atoms with Crippen LogP contribution in [-0.2, 0) is 7.05 Å². The van der Waals surface area contributed by atoms with Gasteiger partial charge in [-0.2, -0.15) is 5.10 Å². The Hall–Kier alpha value is -1.95. The van der Waals surface area contributed by atoms with Crippen molar-refractivity contribution in [2.75, 3.05) is 7.11 Å². The van der Waals surface area contributed by atoms with Crippen LogP contribution in [0.3, 0.4) is 0 Å². The number of aromatic nitrogens is 3. The van der Waals surface area contributed by atoms with Crippen LogP contribution >= 0.6 is 0 Å². The zero-order chi connectivity index (χ0) is 13.3. The van der Waals surface area contributed by atoms with E-state index in [0.717, 1.165) is 11.3 Å². The van der Waals surface area contributed by atoms with E-state index in [0.29, 0.717) is 5.56 Å². The smallest absolute Gasteiger partial charge is 0.250 e. The van der Waals surface area contributed by atoms with Gasteiger partial charge < -0.3 is 10.5 Å². The van der Waals surface area contributed by atoms with Gasteiger partial charge in [0.2, 0.25) is 5.88 Å². The lowest BCUT2D eigenvalue weighted by Crippen LogP contribution is -2.15. The minimum atomic E-state index is -0.587. The lowest BCUT2D eigenvalue weighted by atomic mass is 10.0. The molecule has 1 unspecified atom stereocenters. The monoisotopic (exact) mass is 250 g/mol. The average Bonchev–Trinajstić information content (AvgIpc) is 2.70. The van der Waals surface area contributed by atoms with Gasteiger partial charge >= 0.3 is 0 Å². The summed E-state index contributed by atoms with van der Waals surface area (Å²) in [6, 6.07) is 0.963.